The maximum Gasteiger partial charge on any atom is 0.279 e. The minimum Gasteiger partial charge on any atom is -0.493 e. The van der Waals surface area contributed by atoms with Gasteiger partial charge in [0.25, 0.3) is 5.91 Å². The van der Waals surface area contributed by atoms with Gasteiger partial charge in [0.1, 0.15) is 0 Å². The van der Waals surface area contributed by atoms with E-state index in [9.17, 15) is 4.79 Å². The van der Waals surface area contributed by atoms with Crippen LogP contribution in [0.25, 0.3) is 10.2 Å². The maximum absolute atomic E-state index is 13.0. The number of carbonyl (C=O) groups excluding carboxylic acids is 1. The first-order valence-electron chi connectivity index (χ1n) is 9.11. The van der Waals surface area contributed by atoms with Crippen LogP contribution in [0.4, 0.5) is 0 Å². The fourth-order valence-corrected chi connectivity index (χ4v) is 4.41. The number of fused-ring (bicyclic) bond motifs is 1. The minimum absolute atomic E-state index is 0.329. The summed E-state index contributed by atoms with van der Waals surface area (Å²) in [5.74, 6) is 0.776. The molecule has 1 heterocycles. The Labute approximate surface area is 183 Å². The smallest absolute Gasteiger partial charge is 0.279 e. The zero-order valence-electron chi connectivity index (χ0n) is 17.4. The number of methoxy groups -OCH3 is 4. The van der Waals surface area contributed by atoms with Crippen LogP contribution in [-0.2, 0) is 11.3 Å². The Bertz CT molecular complexity index is 1130. The second-order valence-electron chi connectivity index (χ2n) is 6.38. The van der Waals surface area contributed by atoms with E-state index in [1.165, 1.54) is 32.7 Å². The van der Waals surface area contributed by atoms with Crippen LogP contribution in [0, 0.1) is 6.92 Å². The van der Waals surface area contributed by atoms with E-state index in [1.54, 1.807) is 19.2 Å². The van der Waals surface area contributed by atoms with E-state index in [4.69, 9.17) is 30.5 Å². The predicted octanol–water partition coefficient (Wildman–Crippen LogP) is 4.08. The molecule has 0 spiro atoms. The summed E-state index contributed by atoms with van der Waals surface area (Å²) in [4.78, 5) is 18.0. The lowest BCUT2D eigenvalue weighted by atomic mass is 10.1. The molecule has 0 saturated heterocycles. The van der Waals surface area contributed by atoms with Gasteiger partial charge in [-0.05, 0) is 36.8 Å². The van der Waals surface area contributed by atoms with Crippen molar-refractivity contribution >= 4 is 39.1 Å². The molecule has 0 atom stereocenters. The number of aromatic nitrogens is 1. The van der Waals surface area contributed by atoms with Gasteiger partial charge in [-0.25, -0.2) is 0 Å². The summed E-state index contributed by atoms with van der Waals surface area (Å²) in [5.41, 5.74) is 2.21. The largest absolute Gasteiger partial charge is 0.493 e. The van der Waals surface area contributed by atoms with Gasteiger partial charge < -0.3 is 23.5 Å². The van der Waals surface area contributed by atoms with Crippen molar-refractivity contribution in [3.05, 3.63) is 45.2 Å². The van der Waals surface area contributed by atoms with Crippen molar-refractivity contribution in [2.45, 2.75) is 13.5 Å². The number of thiazole rings is 1. The van der Waals surface area contributed by atoms with E-state index in [-0.39, 0.29) is 0 Å². The van der Waals surface area contributed by atoms with Gasteiger partial charge in [0, 0.05) is 24.2 Å². The highest BCUT2D eigenvalue weighted by molar-refractivity contribution is 7.16. The van der Waals surface area contributed by atoms with Crippen LogP contribution in [0.1, 0.15) is 15.9 Å². The van der Waals surface area contributed by atoms with E-state index in [0.29, 0.717) is 45.8 Å². The van der Waals surface area contributed by atoms with Crippen LogP contribution in [0.2, 0.25) is 5.02 Å². The first-order valence-corrected chi connectivity index (χ1v) is 10.3. The molecule has 3 aromatic rings. The standard InChI is InChI=1S/C21H23ClN2O5S/c1-12-14(22)6-7-17-18(12)24(8-9-26-2)21(30-17)23-20(25)13-10-15(27-3)19(29-5)16(11-13)28-4/h6-7,10-11H,8-9H2,1-5H3. The topological polar surface area (TPSA) is 71.3 Å². The Balaban J connectivity index is 2.17. The number of rotatable bonds is 7. The lowest BCUT2D eigenvalue weighted by Crippen LogP contribution is -2.19. The molecule has 0 bridgehead atoms. The summed E-state index contributed by atoms with van der Waals surface area (Å²) >= 11 is 7.74. The average Bonchev–Trinajstić information content (AvgIpc) is 3.11. The van der Waals surface area contributed by atoms with Crippen LogP contribution in [-0.4, -0.2) is 45.5 Å². The summed E-state index contributed by atoms with van der Waals surface area (Å²) in [5, 5.41) is 0.661. The lowest BCUT2D eigenvalue weighted by molar-refractivity contribution is 0.0996. The molecule has 0 N–H and O–H groups in total. The fourth-order valence-electron chi connectivity index (χ4n) is 3.15. The third kappa shape index (κ3) is 4.16. The van der Waals surface area contributed by atoms with Crippen LogP contribution < -0.4 is 19.0 Å². The average molecular weight is 451 g/mol. The summed E-state index contributed by atoms with van der Waals surface area (Å²) in [6, 6.07) is 6.95. The lowest BCUT2D eigenvalue weighted by Gasteiger charge is -2.12. The van der Waals surface area contributed by atoms with Crippen molar-refractivity contribution in [2.24, 2.45) is 4.99 Å². The molecular weight excluding hydrogens is 428 g/mol. The highest BCUT2D eigenvalue weighted by atomic mass is 35.5. The van der Waals surface area contributed by atoms with Crippen LogP contribution >= 0.6 is 22.9 Å². The van der Waals surface area contributed by atoms with Crippen molar-refractivity contribution in [1.29, 1.82) is 0 Å². The summed E-state index contributed by atoms with van der Waals surface area (Å²) < 4.78 is 24.2. The Morgan fingerprint density at radius 1 is 1.10 bits per heavy atom. The van der Waals surface area contributed by atoms with Gasteiger partial charge >= 0.3 is 0 Å². The van der Waals surface area contributed by atoms with Gasteiger partial charge in [0.15, 0.2) is 16.3 Å². The Morgan fingerprint density at radius 2 is 1.77 bits per heavy atom. The Kier molecular flexibility index (Phi) is 7.02. The molecule has 1 aromatic heterocycles. The summed E-state index contributed by atoms with van der Waals surface area (Å²) in [6.07, 6.45) is 0. The molecule has 2 aromatic carbocycles. The number of amides is 1. The van der Waals surface area contributed by atoms with E-state index >= 15 is 0 Å². The molecule has 0 aliphatic rings. The molecule has 0 aliphatic carbocycles. The van der Waals surface area contributed by atoms with Crippen molar-refractivity contribution in [3.63, 3.8) is 0 Å². The van der Waals surface area contributed by atoms with Crippen LogP contribution in [0.3, 0.4) is 0 Å². The highest BCUT2D eigenvalue weighted by Gasteiger charge is 2.18. The first-order chi connectivity index (χ1) is 14.4. The second kappa shape index (κ2) is 9.51. The fraction of sp³-hybridized carbons (Fsp3) is 0.333. The van der Waals surface area contributed by atoms with E-state index in [1.807, 2.05) is 23.6 Å². The van der Waals surface area contributed by atoms with Gasteiger partial charge in [-0.2, -0.15) is 4.99 Å². The highest BCUT2D eigenvalue weighted by Crippen LogP contribution is 2.38. The number of nitrogens with zero attached hydrogens (tertiary/aromatic N) is 2. The van der Waals surface area contributed by atoms with Gasteiger partial charge in [-0.15, -0.1) is 0 Å². The predicted molar refractivity (Wildman–Crippen MR) is 117 cm³/mol. The van der Waals surface area contributed by atoms with Gasteiger partial charge in [0.2, 0.25) is 5.75 Å². The number of carbonyl (C=O) groups is 1. The molecule has 30 heavy (non-hydrogen) atoms. The van der Waals surface area contributed by atoms with Crippen molar-refractivity contribution in [3.8, 4) is 17.2 Å². The maximum atomic E-state index is 13.0. The summed E-state index contributed by atoms with van der Waals surface area (Å²) in [7, 11) is 6.14. The monoisotopic (exact) mass is 450 g/mol. The van der Waals surface area contributed by atoms with E-state index in [0.717, 1.165) is 15.8 Å². The number of benzene rings is 2. The normalized spacial score (nSPS) is 11.7. The Hall–Kier alpha value is -2.55. The third-order valence-corrected chi connectivity index (χ3v) is 6.11. The SMILES string of the molecule is COCCn1c(=NC(=O)c2cc(OC)c(OC)c(OC)c2)sc2ccc(Cl)c(C)c21. The molecule has 0 unspecified atom stereocenters. The molecule has 0 fully saturated rings. The van der Waals surface area contributed by atoms with Gasteiger partial charge in [-0.3, -0.25) is 4.79 Å². The van der Waals surface area contributed by atoms with Crippen molar-refractivity contribution < 1.29 is 23.7 Å². The molecule has 160 valence electrons. The minimum atomic E-state index is -0.421. The van der Waals surface area contributed by atoms with Gasteiger partial charge in [0.05, 0.1) is 38.2 Å². The number of hydrogen-bond donors (Lipinski definition) is 0. The second-order valence-corrected chi connectivity index (χ2v) is 7.80. The molecule has 0 saturated carbocycles. The number of halogens is 1. The molecular formula is C21H23ClN2O5S. The Morgan fingerprint density at radius 3 is 2.33 bits per heavy atom. The quantitative estimate of drug-likeness (QED) is 0.542. The summed E-state index contributed by atoms with van der Waals surface area (Å²) in [6.45, 7) is 2.97. The first kappa shape index (κ1) is 22.1. The molecule has 9 heteroatoms. The van der Waals surface area contributed by atoms with Crippen LogP contribution in [0.5, 0.6) is 17.2 Å². The molecule has 3 rings (SSSR count). The van der Waals surface area contributed by atoms with Crippen molar-refractivity contribution in [2.75, 3.05) is 35.0 Å². The molecule has 1 amide bonds. The zero-order valence-corrected chi connectivity index (χ0v) is 19.0. The van der Waals surface area contributed by atoms with Gasteiger partial charge in [-0.1, -0.05) is 22.9 Å². The molecule has 7 nitrogen and oxygen atoms in total. The zero-order chi connectivity index (χ0) is 21.8. The number of hydrogen-bond acceptors (Lipinski definition) is 6. The number of ether oxygens (including phenoxy) is 4. The number of aryl methyl sites for hydroxylation is 1. The molecule has 0 radical (unpaired) electrons. The third-order valence-electron chi connectivity index (χ3n) is 4.66. The molecule has 0 aliphatic heterocycles. The van der Waals surface area contributed by atoms with Crippen LogP contribution in [0.15, 0.2) is 29.3 Å². The van der Waals surface area contributed by atoms with E-state index < -0.39 is 5.91 Å². The van der Waals surface area contributed by atoms with E-state index in [2.05, 4.69) is 4.99 Å². The van der Waals surface area contributed by atoms with Crippen molar-refractivity contribution in [1.82, 2.24) is 4.57 Å².